The van der Waals surface area contributed by atoms with Gasteiger partial charge in [0.05, 0.1) is 28.2 Å². The maximum absolute atomic E-state index is 13.1. The number of carbonyl (C=O) groups is 2. The van der Waals surface area contributed by atoms with E-state index in [1.165, 1.54) is 6.07 Å². The Labute approximate surface area is 177 Å². The molecule has 158 valence electrons. The molecule has 3 heterocycles. The molecule has 2 amide bonds. The van der Waals surface area contributed by atoms with E-state index >= 15 is 0 Å². The lowest BCUT2D eigenvalue weighted by Crippen LogP contribution is -2.18. The third kappa shape index (κ3) is 3.87. The van der Waals surface area contributed by atoms with Crippen LogP contribution >= 0.6 is 0 Å². The Kier molecular flexibility index (Phi) is 5.20. The average Bonchev–Trinajstić information content (AvgIpc) is 3.32. The van der Waals surface area contributed by atoms with E-state index in [1.807, 2.05) is 13.8 Å². The van der Waals surface area contributed by atoms with E-state index in [9.17, 15) is 9.59 Å². The van der Waals surface area contributed by atoms with E-state index in [0.29, 0.717) is 52.5 Å². The SMILES string of the molecule is CCc1noc(Cn2nc(C)c(NC(=O)c3cc(C(N)=O)nc4ccccc34)c2C)n1. The van der Waals surface area contributed by atoms with Crippen LogP contribution in [0, 0.1) is 13.8 Å². The summed E-state index contributed by atoms with van der Waals surface area (Å²) in [5.41, 5.74) is 8.17. The number of nitrogens with one attached hydrogen (secondary N) is 1. The van der Waals surface area contributed by atoms with Crippen molar-refractivity contribution in [3.05, 3.63) is 64.7 Å². The Morgan fingerprint density at radius 1 is 1.19 bits per heavy atom. The Hall–Kier alpha value is -4.08. The number of nitrogens with zero attached hydrogens (tertiary/aromatic N) is 5. The third-order valence-electron chi connectivity index (χ3n) is 4.94. The summed E-state index contributed by atoms with van der Waals surface area (Å²) in [6.45, 7) is 5.87. The summed E-state index contributed by atoms with van der Waals surface area (Å²) < 4.78 is 6.93. The molecule has 0 aliphatic heterocycles. The topological polar surface area (TPSA) is 142 Å². The highest BCUT2D eigenvalue weighted by Crippen LogP contribution is 2.24. The van der Waals surface area contributed by atoms with Crippen LogP contribution in [0.25, 0.3) is 10.9 Å². The van der Waals surface area contributed by atoms with Gasteiger partial charge in [0.1, 0.15) is 12.2 Å². The number of para-hydroxylation sites is 1. The fourth-order valence-electron chi connectivity index (χ4n) is 3.33. The summed E-state index contributed by atoms with van der Waals surface area (Å²) >= 11 is 0. The van der Waals surface area contributed by atoms with Gasteiger partial charge in [-0.15, -0.1) is 0 Å². The van der Waals surface area contributed by atoms with Gasteiger partial charge in [0.2, 0.25) is 5.89 Å². The number of benzene rings is 1. The molecule has 0 saturated heterocycles. The highest BCUT2D eigenvalue weighted by atomic mass is 16.5. The number of anilines is 1. The molecule has 10 heteroatoms. The first-order valence-electron chi connectivity index (χ1n) is 9.73. The molecule has 1 aromatic carbocycles. The van der Waals surface area contributed by atoms with Crippen LogP contribution in [0.15, 0.2) is 34.9 Å². The monoisotopic (exact) mass is 419 g/mol. The number of nitrogens with two attached hydrogens (primary N) is 1. The molecular formula is C21H21N7O3. The van der Waals surface area contributed by atoms with Crippen molar-refractivity contribution in [2.45, 2.75) is 33.7 Å². The molecule has 0 spiro atoms. The van der Waals surface area contributed by atoms with Crippen LogP contribution in [0.3, 0.4) is 0 Å². The summed E-state index contributed by atoms with van der Waals surface area (Å²) in [5.74, 6) is -0.0321. The molecule has 3 aromatic heterocycles. The summed E-state index contributed by atoms with van der Waals surface area (Å²) in [5, 5.41) is 11.9. The van der Waals surface area contributed by atoms with Gasteiger partial charge in [-0.25, -0.2) is 4.98 Å². The van der Waals surface area contributed by atoms with Crippen LogP contribution in [0.1, 0.15) is 50.9 Å². The lowest BCUT2D eigenvalue weighted by atomic mass is 10.1. The van der Waals surface area contributed by atoms with Crippen LogP contribution in [0.5, 0.6) is 0 Å². The first-order valence-corrected chi connectivity index (χ1v) is 9.73. The molecule has 0 bridgehead atoms. The predicted octanol–water partition coefficient (Wildman–Crippen LogP) is 2.39. The van der Waals surface area contributed by atoms with E-state index < -0.39 is 11.8 Å². The molecule has 0 atom stereocenters. The van der Waals surface area contributed by atoms with E-state index in [4.69, 9.17) is 10.3 Å². The molecular weight excluding hydrogens is 398 g/mol. The zero-order valence-electron chi connectivity index (χ0n) is 17.3. The van der Waals surface area contributed by atoms with Crippen molar-refractivity contribution < 1.29 is 14.1 Å². The molecule has 0 unspecified atom stereocenters. The highest BCUT2D eigenvalue weighted by molar-refractivity contribution is 6.14. The molecule has 31 heavy (non-hydrogen) atoms. The third-order valence-corrected chi connectivity index (χ3v) is 4.94. The Morgan fingerprint density at radius 2 is 1.97 bits per heavy atom. The smallest absolute Gasteiger partial charge is 0.267 e. The first-order chi connectivity index (χ1) is 14.9. The maximum Gasteiger partial charge on any atom is 0.267 e. The summed E-state index contributed by atoms with van der Waals surface area (Å²) in [4.78, 5) is 33.4. The number of aromatic nitrogens is 5. The minimum atomic E-state index is -0.703. The molecule has 0 fully saturated rings. The van der Waals surface area contributed by atoms with Gasteiger partial charge in [-0.1, -0.05) is 30.3 Å². The largest absolute Gasteiger partial charge is 0.364 e. The number of hydrogen-bond acceptors (Lipinski definition) is 7. The van der Waals surface area contributed by atoms with Crippen molar-refractivity contribution in [3.63, 3.8) is 0 Å². The molecule has 4 rings (SSSR count). The molecule has 3 N–H and O–H groups in total. The van der Waals surface area contributed by atoms with Crippen molar-refractivity contribution in [1.29, 1.82) is 0 Å². The van der Waals surface area contributed by atoms with Crippen molar-refractivity contribution in [3.8, 4) is 0 Å². The number of pyridine rings is 1. The summed E-state index contributed by atoms with van der Waals surface area (Å²) in [6.07, 6.45) is 0.676. The van der Waals surface area contributed by atoms with Crippen LogP contribution in [0.4, 0.5) is 5.69 Å². The number of amides is 2. The van der Waals surface area contributed by atoms with Crippen molar-refractivity contribution >= 4 is 28.4 Å². The molecule has 0 radical (unpaired) electrons. The second-order valence-electron chi connectivity index (χ2n) is 7.05. The summed E-state index contributed by atoms with van der Waals surface area (Å²) in [6, 6.07) is 8.48. The first kappa shape index (κ1) is 20.2. The van der Waals surface area contributed by atoms with Crippen molar-refractivity contribution in [2.24, 2.45) is 5.73 Å². The van der Waals surface area contributed by atoms with Crippen LogP contribution in [-0.2, 0) is 13.0 Å². The number of rotatable bonds is 6. The standard InChI is InChI=1S/C21H21N7O3/c1-4-17-24-18(31-27-17)10-28-12(3)19(11(2)26-28)25-21(30)14-9-16(20(22)29)23-15-8-6-5-7-13(14)15/h5-9H,4,10H2,1-3H3,(H2,22,29)(H,25,30). The number of aryl methyl sites for hydroxylation is 2. The van der Waals surface area contributed by atoms with Gasteiger partial charge in [-0.3, -0.25) is 14.3 Å². The lowest BCUT2D eigenvalue weighted by molar-refractivity contribution is 0.0996. The van der Waals surface area contributed by atoms with Gasteiger partial charge in [-0.05, 0) is 26.0 Å². The van der Waals surface area contributed by atoms with Gasteiger partial charge in [0.25, 0.3) is 11.8 Å². The van der Waals surface area contributed by atoms with E-state index in [-0.39, 0.29) is 5.69 Å². The fourth-order valence-corrected chi connectivity index (χ4v) is 3.33. The van der Waals surface area contributed by atoms with Gasteiger partial charge < -0.3 is 15.6 Å². The van der Waals surface area contributed by atoms with Crippen LogP contribution in [0.2, 0.25) is 0 Å². The summed E-state index contributed by atoms with van der Waals surface area (Å²) in [7, 11) is 0. The van der Waals surface area contributed by atoms with Crippen LogP contribution in [-0.4, -0.2) is 36.7 Å². The van der Waals surface area contributed by atoms with Gasteiger partial charge in [0, 0.05) is 11.8 Å². The molecule has 4 aromatic rings. The minimum absolute atomic E-state index is 0.0242. The highest BCUT2D eigenvalue weighted by Gasteiger charge is 2.20. The molecule has 0 aliphatic rings. The van der Waals surface area contributed by atoms with E-state index in [2.05, 4.69) is 25.5 Å². The average molecular weight is 419 g/mol. The van der Waals surface area contributed by atoms with Crippen LogP contribution < -0.4 is 11.1 Å². The van der Waals surface area contributed by atoms with Gasteiger partial charge in [0.15, 0.2) is 5.82 Å². The lowest BCUT2D eigenvalue weighted by Gasteiger charge is -2.10. The Balaban J connectivity index is 1.66. The Bertz CT molecular complexity index is 1310. The molecule has 10 nitrogen and oxygen atoms in total. The zero-order chi connectivity index (χ0) is 22.1. The number of carbonyl (C=O) groups excluding carboxylic acids is 2. The Morgan fingerprint density at radius 3 is 2.68 bits per heavy atom. The van der Waals surface area contributed by atoms with Crippen molar-refractivity contribution in [1.82, 2.24) is 24.9 Å². The van der Waals surface area contributed by atoms with E-state index in [1.54, 1.807) is 35.9 Å². The predicted molar refractivity (Wildman–Crippen MR) is 113 cm³/mol. The maximum atomic E-state index is 13.1. The number of hydrogen-bond donors (Lipinski definition) is 2. The zero-order valence-corrected chi connectivity index (χ0v) is 17.3. The van der Waals surface area contributed by atoms with E-state index in [0.717, 1.165) is 5.69 Å². The van der Waals surface area contributed by atoms with Gasteiger partial charge in [-0.2, -0.15) is 10.1 Å². The fraction of sp³-hybridized carbons (Fsp3) is 0.238. The molecule has 0 aliphatic carbocycles. The van der Waals surface area contributed by atoms with Gasteiger partial charge >= 0.3 is 0 Å². The molecule has 0 saturated carbocycles. The second-order valence-corrected chi connectivity index (χ2v) is 7.05. The number of fused-ring (bicyclic) bond motifs is 1. The second kappa shape index (κ2) is 7.98. The minimum Gasteiger partial charge on any atom is -0.364 e. The van der Waals surface area contributed by atoms with Crippen molar-refractivity contribution in [2.75, 3.05) is 5.32 Å². The number of primary amides is 1. The quantitative estimate of drug-likeness (QED) is 0.488. The normalized spacial score (nSPS) is 11.1.